The fourth-order valence-electron chi connectivity index (χ4n) is 1.36. The van der Waals surface area contributed by atoms with E-state index in [-0.39, 0.29) is 5.82 Å². The van der Waals surface area contributed by atoms with Crippen molar-refractivity contribution in [3.05, 3.63) is 34.6 Å². The second kappa shape index (κ2) is 6.09. The lowest BCUT2D eigenvalue weighted by molar-refractivity contribution is 0.529. The fourth-order valence-corrected chi connectivity index (χ4v) is 1.62. The number of halogens is 2. The smallest absolute Gasteiger partial charge is 0.127 e. The van der Waals surface area contributed by atoms with Crippen molar-refractivity contribution in [1.82, 2.24) is 5.32 Å². The van der Waals surface area contributed by atoms with Crippen molar-refractivity contribution >= 4 is 11.6 Å². The van der Waals surface area contributed by atoms with Gasteiger partial charge in [0.25, 0.3) is 0 Å². The van der Waals surface area contributed by atoms with Crippen LogP contribution in [0, 0.1) is 5.82 Å². The Hall–Kier alpha value is -0.600. The highest BCUT2D eigenvalue weighted by molar-refractivity contribution is 6.31. The molecule has 0 saturated heterocycles. The maximum Gasteiger partial charge on any atom is 0.127 e. The zero-order valence-corrected chi connectivity index (χ0v) is 9.94. The summed E-state index contributed by atoms with van der Waals surface area (Å²) in [5.74, 6) is -0.214. The van der Waals surface area contributed by atoms with Crippen molar-refractivity contribution in [3.8, 4) is 0 Å². The van der Waals surface area contributed by atoms with Crippen LogP contribution in [0.1, 0.15) is 25.8 Å². The Balaban J connectivity index is 2.50. The largest absolute Gasteiger partial charge is 0.314 e. The molecule has 0 amide bonds. The summed E-state index contributed by atoms with van der Waals surface area (Å²) in [5.41, 5.74) is 0.606. The van der Waals surface area contributed by atoms with Gasteiger partial charge in [0.2, 0.25) is 0 Å². The van der Waals surface area contributed by atoms with E-state index >= 15 is 0 Å². The third-order valence-electron chi connectivity index (χ3n) is 2.54. The van der Waals surface area contributed by atoms with Gasteiger partial charge >= 0.3 is 0 Å². The number of rotatable bonds is 5. The van der Waals surface area contributed by atoms with Crippen molar-refractivity contribution in [2.75, 3.05) is 6.54 Å². The topological polar surface area (TPSA) is 12.0 Å². The first-order chi connectivity index (χ1) is 7.15. The van der Waals surface area contributed by atoms with E-state index in [9.17, 15) is 4.39 Å². The van der Waals surface area contributed by atoms with Gasteiger partial charge in [-0.05, 0) is 38.4 Å². The third-order valence-corrected chi connectivity index (χ3v) is 2.90. The Kier molecular flexibility index (Phi) is 5.06. The molecule has 1 nitrogen and oxygen atoms in total. The first-order valence-electron chi connectivity index (χ1n) is 5.31. The third kappa shape index (κ3) is 3.80. The first-order valence-corrected chi connectivity index (χ1v) is 5.69. The average molecular weight is 230 g/mol. The van der Waals surface area contributed by atoms with Crippen LogP contribution in [0.2, 0.25) is 5.02 Å². The quantitative estimate of drug-likeness (QED) is 0.816. The molecule has 1 rings (SSSR count). The molecular weight excluding hydrogens is 213 g/mol. The van der Waals surface area contributed by atoms with Crippen LogP contribution < -0.4 is 5.32 Å². The predicted molar refractivity (Wildman–Crippen MR) is 62.9 cm³/mol. The molecule has 1 atom stereocenters. The minimum absolute atomic E-state index is 0.214. The van der Waals surface area contributed by atoms with E-state index in [1.807, 2.05) is 0 Å². The van der Waals surface area contributed by atoms with Crippen LogP contribution in [0.25, 0.3) is 0 Å². The summed E-state index contributed by atoms with van der Waals surface area (Å²) in [5, 5.41) is 3.82. The van der Waals surface area contributed by atoms with Gasteiger partial charge < -0.3 is 5.32 Å². The molecule has 0 spiro atoms. The molecule has 0 fully saturated rings. The lowest BCUT2D eigenvalue weighted by Gasteiger charge is -2.11. The van der Waals surface area contributed by atoms with Crippen LogP contribution in [-0.2, 0) is 6.42 Å². The van der Waals surface area contributed by atoms with E-state index in [1.54, 1.807) is 12.1 Å². The maximum atomic E-state index is 13.3. The van der Waals surface area contributed by atoms with Gasteiger partial charge in [-0.3, -0.25) is 0 Å². The minimum atomic E-state index is -0.214. The van der Waals surface area contributed by atoms with Crippen LogP contribution >= 0.6 is 11.6 Å². The highest BCUT2D eigenvalue weighted by atomic mass is 35.5. The summed E-state index contributed by atoms with van der Waals surface area (Å²) < 4.78 is 13.3. The zero-order chi connectivity index (χ0) is 11.3. The highest BCUT2D eigenvalue weighted by Gasteiger charge is 2.06. The monoisotopic (exact) mass is 229 g/mol. The van der Waals surface area contributed by atoms with Crippen LogP contribution in [0.5, 0.6) is 0 Å². The van der Waals surface area contributed by atoms with Gasteiger partial charge in [-0.2, -0.15) is 0 Å². The lowest BCUT2D eigenvalue weighted by Crippen LogP contribution is -2.27. The van der Waals surface area contributed by atoms with Gasteiger partial charge in [0.05, 0.1) is 0 Å². The molecule has 0 saturated carbocycles. The molecule has 3 heteroatoms. The van der Waals surface area contributed by atoms with Crippen molar-refractivity contribution in [2.24, 2.45) is 0 Å². The first kappa shape index (κ1) is 12.5. The van der Waals surface area contributed by atoms with Gasteiger partial charge in [-0.1, -0.05) is 24.6 Å². The Morgan fingerprint density at radius 3 is 2.80 bits per heavy atom. The molecule has 84 valence electrons. The van der Waals surface area contributed by atoms with Crippen LogP contribution in [0.4, 0.5) is 4.39 Å². The second-order valence-corrected chi connectivity index (χ2v) is 4.12. The molecule has 15 heavy (non-hydrogen) atoms. The molecule has 0 heterocycles. The molecule has 0 aromatic heterocycles. The summed E-state index contributed by atoms with van der Waals surface area (Å²) in [6.07, 6.45) is 1.71. The number of nitrogens with one attached hydrogen (secondary N) is 1. The molecule has 1 aromatic rings. The summed E-state index contributed by atoms with van der Waals surface area (Å²) in [6.45, 7) is 4.99. The SMILES string of the molecule is CCC(C)NCCc1c(F)cccc1Cl. The molecule has 0 radical (unpaired) electrons. The molecule has 0 aliphatic rings. The summed E-state index contributed by atoms with van der Waals surface area (Å²) in [4.78, 5) is 0. The minimum Gasteiger partial charge on any atom is -0.314 e. The summed E-state index contributed by atoms with van der Waals surface area (Å²) in [6, 6.07) is 5.27. The Bertz CT molecular complexity index is 294. The van der Waals surface area contributed by atoms with E-state index in [1.165, 1.54) is 6.07 Å². The lowest BCUT2D eigenvalue weighted by atomic mass is 10.1. The highest BCUT2D eigenvalue weighted by Crippen LogP contribution is 2.18. The molecule has 1 aromatic carbocycles. The van der Waals surface area contributed by atoms with Gasteiger partial charge in [0.1, 0.15) is 5.82 Å². The molecule has 1 N–H and O–H groups in total. The summed E-state index contributed by atoms with van der Waals surface area (Å²) >= 11 is 5.91. The summed E-state index contributed by atoms with van der Waals surface area (Å²) in [7, 11) is 0. The van der Waals surface area contributed by atoms with Crippen LogP contribution in [0.3, 0.4) is 0 Å². The number of benzene rings is 1. The van der Waals surface area contributed by atoms with Crippen LogP contribution in [0.15, 0.2) is 18.2 Å². The standard InChI is InChI=1S/C12H17ClFN/c1-3-9(2)15-8-7-10-11(13)5-4-6-12(10)14/h4-6,9,15H,3,7-8H2,1-2H3. The van der Waals surface area contributed by atoms with Crippen molar-refractivity contribution in [2.45, 2.75) is 32.7 Å². The van der Waals surface area contributed by atoms with Crippen LogP contribution in [-0.4, -0.2) is 12.6 Å². The van der Waals surface area contributed by atoms with E-state index in [0.717, 1.165) is 13.0 Å². The van der Waals surface area contributed by atoms with Gasteiger partial charge in [-0.15, -0.1) is 0 Å². The van der Waals surface area contributed by atoms with Gasteiger partial charge in [0.15, 0.2) is 0 Å². The average Bonchev–Trinajstić information content (AvgIpc) is 2.22. The fraction of sp³-hybridized carbons (Fsp3) is 0.500. The Morgan fingerprint density at radius 2 is 2.20 bits per heavy atom. The molecular formula is C12H17ClFN. The maximum absolute atomic E-state index is 13.3. The van der Waals surface area contributed by atoms with Gasteiger partial charge in [-0.25, -0.2) is 4.39 Å². The van der Waals surface area contributed by atoms with Crippen molar-refractivity contribution in [3.63, 3.8) is 0 Å². The number of hydrogen-bond acceptors (Lipinski definition) is 1. The Morgan fingerprint density at radius 1 is 1.47 bits per heavy atom. The van der Waals surface area contributed by atoms with Gasteiger partial charge in [0, 0.05) is 16.6 Å². The second-order valence-electron chi connectivity index (χ2n) is 3.71. The predicted octanol–water partition coefficient (Wildman–Crippen LogP) is 3.41. The Labute approximate surface area is 95.6 Å². The normalized spacial score (nSPS) is 12.8. The molecule has 0 bridgehead atoms. The number of hydrogen-bond donors (Lipinski definition) is 1. The van der Waals surface area contributed by atoms with Crippen molar-refractivity contribution in [1.29, 1.82) is 0 Å². The molecule has 0 aliphatic heterocycles. The molecule has 1 unspecified atom stereocenters. The molecule has 0 aliphatic carbocycles. The van der Waals surface area contributed by atoms with E-state index in [4.69, 9.17) is 11.6 Å². The van der Waals surface area contributed by atoms with Crippen molar-refractivity contribution < 1.29 is 4.39 Å². The van der Waals surface area contributed by atoms with E-state index in [2.05, 4.69) is 19.2 Å². The van der Waals surface area contributed by atoms with E-state index in [0.29, 0.717) is 23.0 Å². The zero-order valence-electron chi connectivity index (χ0n) is 9.19. The van der Waals surface area contributed by atoms with E-state index < -0.39 is 0 Å².